The van der Waals surface area contributed by atoms with Crippen molar-refractivity contribution >= 4 is 32.9 Å². The predicted octanol–water partition coefficient (Wildman–Crippen LogP) is 2.46. The smallest absolute Gasteiger partial charge is 0.264 e. The fraction of sp³-hybridized carbons (Fsp3) is 0.0714. The summed E-state index contributed by atoms with van der Waals surface area (Å²) in [6, 6.07) is 11.8. The number of benzene rings is 2. The summed E-state index contributed by atoms with van der Waals surface area (Å²) in [4.78, 5) is -0.0353. The maximum atomic E-state index is 13.5. The van der Waals surface area contributed by atoms with E-state index in [-0.39, 0.29) is 0 Å². The molecule has 21 heavy (non-hydrogen) atoms. The fourth-order valence-electron chi connectivity index (χ4n) is 1.76. The molecule has 0 amide bonds. The summed E-state index contributed by atoms with van der Waals surface area (Å²) >= 11 is 4.80. The second-order valence-corrected chi connectivity index (χ2v) is 6.55. The highest BCUT2D eigenvalue weighted by atomic mass is 32.2. The van der Waals surface area contributed by atoms with Crippen LogP contribution in [-0.2, 0) is 16.4 Å². The van der Waals surface area contributed by atoms with Gasteiger partial charge in [0.25, 0.3) is 10.0 Å². The summed E-state index contributed by atoms with van der Waals surface area (Å²) in [5.41, 5.74) is 6.64. The second-order valence-electron chi connectivity index (χ2n) is 4.38. The Balaban J connectivity index is 2.21. The summed E-state index contributed by atoms with van der Waals surface area (Å²) in [5.74, 6) is -0.796. The Morgan fingerprint density at radius 3 is 2.33 bits per heavy atom. The molecular weight excluding hydrogens is 311 g/mol. The first-order valence-corrected chi connectivity index (χ1v) is 7.92. The van der Waals surface area contributed by atoms with E-state index in [1.165, 1.54) is 18.2 Å². The van der Waals surface area contributed by atoms with E-state index in [4.69, 9.17) is 18.0 Å². The zero-order valence-electron chi connectivity index (χ0n) is 10.9. The minimum atomic E-state index is -3.96. The van der Waals surface area contributed by atoms with Crippen molar-refractivity contribution < 1.29 is 12.8 Å². The number of rotatable bonds is 5. The zero-order valence-corrected chi connectivity index (χ0v) is 12.5. The highest BCUT2D eigenvalue weighted by Crippen LogP contribution is 2.19. The molecule has 2 aromatic carbocycles. The summed E-state index contributed by atoms with van der Waals surface area (Å²) in [7, 11) is -3.96. The van der Waals surface area contributed by atoms with Gasteiger partial charge in [-0.05, 0) is 29.8 Å². The molecule has 0 aromatic heterocycles. The molecule has 0 spiro atoms. The van der Waals surface area contributed by atoms with Gasteiger partial charge in [-0.25, -0.2) is 12.8 Å². The van der Waals surface area contributed by atoms with Gasteiger partial charge in [-0.15, -0.1) is 0 Å². The maximum absolute atomic E-state index is 13.5. The Labute approximate surface area is 127 Å². The maximum Gasteiger partial charge on any atom is 0.264 e. The van der Waals surface area contributed by atoms with Crippen LogP contribution in [0, 0.1) is 5.82 Å². The van der Waals surface area contributed by atoms with Crippen molar-refractivity contribution in [2.24, 2.45) is 5.73 Å². The van der Waals surface area contributed by atoms with Gasteiger partial charge in [0, 0.05) is 12.1 Å². The van der Waals surface area contributed by atoms with E-state index in [1.54, 1.807) is 24.3 Å². The largest absolute Gasteiger partial charge is 0.393 e. The number of hydrogen-bond acceptors (Lipinski definition) is 3. The third-order valence-corrected chi connectivity index (χ3v) is 4.27. The molecule has 0 unspecified atom stereocenters. The average Bonchev–Trinajstić information content (AvgIpc) is 2.40. The second kappa shape index (κ2) is 6.19. The first-order chi connectivity index (χ1) is 9.88. The van der Waals surface area contributed by atoms with E-state index in [2.05, 4.69) is 4.72 Å². The van der Waals surface area contributed by atoms with E-state index in [1.807, 2.05) is 0 Å². The van der Waals surface area contributed by atoms with Crippen molar-refractivity contribution in [3.63, 3.8) is 0 Å². The van der Waals surface area contributed by atoms with Gasteiger partial charge in [0.15, 0.2) is 0 Å². The SMILES string of the molecule is NC(=S)Cc1ccc(NS(=O)(=O)c2ccccc2F)cc1. The standard InChI is InChI=1S/C14H13FN2O2S2/c15-12-3-1-2-4-13(12)21(18,19)17-11-7-5-10(6-8-11)9-14(16)20/h1-8,17H,9H2,(H2,16,20). The number of anilines is 1. The van der Waals surface area contributed by atoms with Crippen LogP contribution >= 0.6 is 12.2 Å². The van der Waals surface area contributed by atoms with Crippen LogP contribution in [0.2, 0.25) is 0 Å². The summed E-state index contributed by atoms with van der Waals surface area (Å²) < 4.78 is 40.1. The molecule has 0 radical (unpaired) electrons. The molecule has 0 heterocycles. The predicted molar refractivity (Wildman–Crippen MR) is 84.1 cm³/mol. The van der Waals surface area contributed by atoms with Crippen molar-refractivity contribution in [3.8, 4) is 0 Å². The topological polar surface area (TPSA) is 72.2 Å². The van der Waals surface area contributed by atoms with Gasteiger partial charge in [0.05, 0.1) is 4.99 Å². The Morgan fingerprint density at radius 1 is 1.14 bits per heavy atom. The van der Waals surface area contributed by atoms with Gasteiger partial charge in [-0.3, -0.25) is 4.72 Å². The molecule has 3 N–H and O–H groups in total. The first-order valence-electron chi connectivity index (χ1n) is 6.03. The average molecular weight is 324 g/mol. The Morgan fingerprint density at radius 2 is 1.76 bits per heavy atom. The molecule has 0 saturated carbocycles. The molecule has 2 rings (SSSR count). The monoisotopic (exact) mass is 324 g/mol. The first kappa shape index (κ1) is 15.4. The lowest BCUT2D eigenvalue weighted by Crippen LogP contribution is -2.15. The van der Waals surface area contributed by atoms with Gasteiger partial charge in [0.2, 0.25) is 0 Å². The third-order valence-electron chi connectivity index (χ3n) is 2.71. The highest BCUT2D eigenvalue weighted by molar-refractivity contribution is 7.92. The van der Waals surface area contributed by atoms with Crippen molar-refractivity contribution in [2.75, 3.05) is 4.72 Å². The number of thiocarbonyl (C=S) groups is 1. The number of halogens is 1. The number of nitrogens with one attached hydrogen (secondary N) is 1. The Bertz CT molecular complexity index is 759. The van der Waals surface area contributed by atoms with Crippen LogP contribution in [0.25, 0.3) is 0 Å². The normalized spacial score (nSPS) is 11.1. The molecule has 0 bridgehead atoms. The van der Waals surface area contributed by atoms with Crippen molar-refractivity contribution in [1.29, 1.82) is 0 Å². The molecule has 0 aliphatic carbocycles. The van der Waals surface area contributed by atoms with Crippen LogP contribution in [0.15, 0.2) is 53.4 Å². The minimum Gasteiger partial charge on any atom is -0.393 e. The highest BCUT2D eigenvalue weighted by Gasteiger charge is 2.18. The van der Waals surface area contributed by atoms with Crippen molar-refractivity contribution in [1.82, 2.24) is 0 Å². The van der Waals surface area contributed by atoms with E-state index >= 15 is 0 Å². The molecule has 0 aliphatic heterocycles. The summed E-state index contributed by atoms with van der Waals surface area (Å²) in [6.45, 7) is 0. The van der Waals surface area contributed by atoms with Crippen LogP contribution in [-0.4, -0.2) is 13.4 Å². The Hall–Kier alpha value is -1.99. The van der Waals surface area contributed by atoms with E-state index in [0.717, 1.165) is 11.6 Å². The molecule has 0 aliphatic rings. The molecule has 2 aromatic rings. The van der Waals surface area contributed by atoms with Crippen molar-refractivity contribution in [2.45, 2.75) is 11.3 Å². The molecule has 0 fully saturated rings. The number of sulfonamides is 1. The van der Waals surface area contributed by atoms with Crippen LogP contribution in [0.5, 0.6) is 0 Å². The van der Waals surface area contributed by atoms with Crippen LogP contribution in [0.1, 0.15) is 5.56 Å². The zero-order chi connectivity index (χ0) is 15.5. The molecule has 7 heteroatoms. The van der Waals surface area contributed by atoms with E-state index < -0.39 is 20.7 Å². The fourth-order valence-corrected chi connectivity index (χ4v) is 3.07. The van der Waals surface area contributed by atoms with Crippen LogP contribution in [0.3, 0.4) is 0 Å². The van der Waals surface area contributed by atoms with E-state index in [9.17, 15) is 12.8 Å². The van der Waals surface area contributed by atoms with Crippen LogP contribution in [0.4, 0.5) is 10.1 Å². The quantitative estimate of drug-likeness (QED) is 0.829. The van der Waals surface area contributed by atoms with Gasteiger partial charge >= 0.3 is 0 Å². The number of hydrogen-bond donors (Lipinski definition) is 2. The summed E-state index contributed by atoms with van der Waals surface area (Å²) in [6.07, 6.45) is 0.440. The number of nitrogens with two attached hydrogens (primary N) is 1. The third kappa shape index (κ3) is 3.99. The molecule has 0 atom stereocenters. The molecule has 4 nitrogen and oxygen atoms in total. The lowest BCUT2D eigenvalue weighted by molar-refractivity contribution is 0.570. The van der Waals surface area contributed by atoms with Gasteiger partial charge in [-0.1, -0.05) is 36.5 Å². The van der Waals surface area contributed by atoms with Gasteiger partial charge < -0.3 is 5.73 Å². The minimum absolute atomic E-state index is 0.338. The van der Waals surface area contributed by atoms with Gasteiger partial charge in [0.1, 0.15) is 10.7 Å². The van der Waals surface area contributed by atoms with Gasteiger partial charge in [-0.2, -0.15) is 0 Å². The molecular formula is C14H13FN2O2S2. The van der Waals surface area contributed by atoms with Crippen LogP contribution < -0.4 is 10.5 Å². The lowest BCUT2D eigenvalue weighted by atomic mass is 10.1. The summed E-state index contributed by atoms with van der Waals surface area (Å²) in [5, 5.41) is 0. The Kier molecular flexibility index (Phi) is 4.54. The lowest BCUT2D eigenvalue weighted by Gasteiger charge is -2.09. The molecule has 110 valence electrons. The molecule has 0 saturated heterocycles. The van der Waals surface area contributed by atoms with Crippen molar-refractivity contribution in [3.05, 3.63) is 59.9 Å². The van der Waals surface area contributed by atoms with E-state index in [0.29, 0.717) is 17.1 Å².